The van der Waals surface area contributed by atoms with E-state index in [4.69, 9.17) is 9.40 Å². The summed E-state index contributed by atoms with van der Waals surface area (Å²) in [6.45, 7) is 7.00. The maximum absolute atomic E-state index is 6.33. The van der Waals surface area contributed by atoms with Crippen LogP contribution in [0.1, 0.15) is 37.7 Å². The summed E-state index contributed by atoms with van der Waals surface area (Å²) in [4.78, 5) is 9.24. The van der Waals surface area contributed by atoms with Crippen molar-refractivity contribution in [3.63, 3.8) is 0 Å². The third kappa shape index (κ3) is 7.72. The molecule has 1 radical (unpaired) electrons. The molecule has 10 rings (SSSR count). The van der Waals surface area contributed by atoms with Crippen LogP contribution < -0.4 is 5.19 Å². The van der Waals surface area contributed by atoms with Crippen LogP contribution in [0.15, 0.2) is 126 Å². The second-order valence-corrected chi connectivity index (χ2v) is 20.3. The van der Waals surface area contributed by atoms with Crippen molar-refractivity contribution in [3.8, 4) is 33.6 Å². The fourth-order valence-electron chi connectivity index (χ4n) is 8.10. The first-order valence-corrected chi connectivity index (χ1v) is 21.7. The summed E-state index contributed by atoms with van der Waals surface area (Å²) in [6.07, 6.45) is 12.4. The van der Waals surface area contributed by atoms with Gasteiger partial charge in [0.1, 0.15) is 5.58 Å². The number of hydrogen-bond acceptors (Lipinski definition) is 3. The fraction of sp³-hybridized carbons (Fsp3) is 0.261. The smallest absolute Gasteiger partial charge is 0.128 e. The second-order valence-electron chi connectivity index (χ2n) is 15.3. The minimum Gasteiger partial charge on any atom is -0.500 e. The molecular weight excluding hydrogens is 817 g/mol. The number of nitrogens with zero attached hydrogens (tertiary/aromatic N) is 2. The Hall–Kier alpha value is -4.15. The molecule has 3 nitrogen and oxygen atoms in total. The Morgan fingerprint density at radius 3 is 2.27 bits per heavy atom. The van der Waals surface area contributed by atoms with Crippen LogP contribution in [0.4, 0.5) is 0 Å². The van der Waals surface area contributed by atoms with Crippen molar-refractivity contribution in [2.75, 3.05) is 0 Å². The van der Waals surface area contributed by atoms with Crippen LogP contribution in [0.2, 0.25) is 19.6 Å². The van der Waals surface area contributed by atoms with Crippen LogP contribution in [0, 0.1) is 29.9 Å². The van der Waals surface area contributed by atoms with Crippen molar-refractivity contribution in [1.29, 1.82) is 0 Å². The molecule has 259 valence electrons. The summed E-state index contributed by atoms with van der Waals surface area (Å²) in [5.41, 5.74) is 9.62. The Morgan fingerprint density at radius 2 is 1.57 bits per heavy atom. The van der Waals surface area contributed by atoms with Gasteiger partial charge >= 0.3 is 0 Å². The molecule has 1 unspecified atom stereocenters. The molecular formula is C46H44IrN2OSi-2. The minimum absolute atomic E-state index is 0. The summed E-state index contributed by atoms with van der Waals surface area (Å²) in [7, 11) is -1.23. The van der Waals surface area contributed by atoms with Crippen molar-refractivity contribution in [3.05, 3.63) is 139 Å². The van der Waals surface area contributed by atoms with Gasteiger partial charge in [0.15, 0.2) is 0 Å². The number of benzene rings is 4. The summed E-state index contributed by atoms with van der Waals surface area (Å²) in [6, 6.07) is 44.4. The van der Waals surface area contributed by atoms with Gasteiger partial charge in [0.2, 0.25) is 0 Å². The van der Waals surface area contributed by atoms with E-state index in [1.54, 1.807) is 0 Å². The SMILES string of the molecule is C[Si](C)(C)c1ccc(-c2[c-]cccc2)nc1.[Ir].[c-]1cc2oc3c(-c4ccccc4)cccc3c2cc1-c1cc(CC2CC3CCC2CC3)ccn1. The molecule has 0 saturated heterocycles. The van der Waals surface area contributed by atoms with Crippen molar-refractivity contribution in [2.24, 2.45) is 17.8 Å². The van der Waals surface area contributed by atoms with E-state index in [0.29, 0.717) is 0 Å². The van der Waals surface area contributed by atoms with E-state index in [0.717, 1.165) is 67.8 Å². The molecule has 3 saturated carbocycles. The number of para-hydroxylation sites is 1. The standard InChI is InChI=1S/C32H28NO.C14H16NSi.Ir/c1-2-5-24(6-3-1)27-7-4-8-28-29-20-25(13-14-31(29)34-32(27)28)30-19-22(15-16-33-30)18-26-17-21-9-11-23(26)12-10-21;1-16(2,3)13-9-10-14(15-11-13)12-7-5-4-6-8-12;/h1-8,14-16,19-21,23,26H,9-12,17-18H2;4-7,9-11H,1-3H3;/q2*-1;. The predicted octanol–water partition coefficient (Wildman–Crippen LogP) is 11.6. The molecule has 0 amide bonds. The van der Waals surface area contributed by atoms with Crippen LogP contribution >= 0.6 is 0 Å². The summed E-state index contributed by atoms with van der Waals surface area (Å²) in [5.74, 6) is 2.76. The van der Waals surface area contributed by atoms with E-state index in [1.807, 2.05) is 48.8 Å². The quantitative estimate of drug-likeness (QED) is 0.124. The molecule has 7 aromatic rings. The molecule has 3 aliphatic carbocycles. The van der Waals surface area contributed by atoms with Gasteiger partial charge in [0, 0.05) is 43.4 Å². The number of furan rings is 1. The average Bonchev–Trinajstić information content (AvgIpc) is 3.54. The van der Waals surface area contributed by atoms with Crippen molar-refractivity contribution >= 4 is 35.2 Å². The molecule has 4 aromatic carbocycles. The maximum atomic E-state index is 6.33. The van der Waals surface area contributed by atoms with E-state index in [2.05, 4.69) is 110 Å². The van der Waals surface area contributed by atoms with Crippen LogP contribution in [0.25, 0.3) is 55.6 Å². The van der Waals surface area contributed by atoms with E-state index >= 15 is 0 Å². The van der Waals surface area contributed by atoms with E-state index in [1.165, 1.54) is 54.8 Å². The van der Waals surface area contributed by atoms with Gasteiger partial charge in [-0.2, -0.15) is 0 Å². The Balaban J connectivity index is 0.000000202. The van der Waals surface area contributed by atoms with E-state index in [9.17, 15) is 0 Å². The van der Waals surface area contributed by atoms with Gasteiger partial charge in [-0.25, -0.2) is 0 Å². The third-order valence-electron chi connectivity index (χ3n) is 10.9. The van der Waals surface area contributed by atoms with Gasteiger partial charge in [-0.05, 0) is 71.6 Å². The molecule has 3 aliphatic rings. The fourth-order valence-corrected chi connectivity index (χ4v) is 9.14. The Labute approximate surface area is 316 Å². The molecule has 51 heavy (non-hydrogen) atoms. The maximum Gasteiger partial charge on any atom is 0.128 e. The first kappa shape index (κ1) is 35.3. The zero-order valence-electron chi connectivity index (χ0n) is 29.7. The Morgan fingerprint density at radius 1 is 0.745 bits per heavy atom. The van der Waals surface area contributed by atoms with Gasteiger partial charge in [-0.1, -0.05) is 110 Å². The zero-order chi connectivity index (χ0) is 34.1. The topological polar surface area (TPSA) is 38.9 Å². The van der Waals surface area contributed by atoms with E-state index < -0.39 is 8.07 Å². The number of rotatable bonds is 6. The van der Waals surface area contributed by atoms with Gasteiger partial charge in [-0.3, -0.25) is 0 Å². The molecule has 0 aliphatic heterocycles. The van der Waals surface area contributed by atoms with Crippen LogP contribution in [-0.4, -0.2) is 18.0 Å². The third-order valence-corrected chi connectivity index (χ3v) is 12.9. The Kier molecular flexibility index (Phi) is 10.5. The van der Waals surface area contributed by atoms with Crippen molar-refractivity contribution < 1.29 is 24.5 Å². The predicted molar refractivity (Wildman–Crippen MR) is 210 cm³/mol. The number of pyridine rings is 2. The normalized spacial score (nSPS) is 18.2. The molecule has 2 bridgehead atoms. The monoisotopic (exact) mass is 861 g/mol. The molecule has 0 spiro atoms. The number of fused-ring (bicyclic) bond motifs is 6. The number of hydrogen-bond donors (Lipinski definition) is 0. The van der Waals surface area contributed by atoms with Crippen molar-refractivity contribution in [1.82, 2.24) is 9.97 Å². The summed E-state index contributed by atoms with van der Waals surface area (Å²) in [5, 5.41) is 3.66. The number of aromatic nitrogens is 2. The average molecular weight is 861 g/mol. The summed E-state index contributed by atoms with van der Waals surface area (Å²) < 4.78 is 6.33. The molecule has 1 atom stereocenters. The zero-order valence-corrected chi connectivity index (χ0v) is 33.1. The van der Waals surface area contributed by atoms with Crippen LogP contribution in [0.3, 0.4) is 0 Å². The first-order valence-electron chi connectivity index (χ1n) is 18.2. The van der Waals surface area contributed by atoms with Crippen LogP contribution in [0.5, 0.6) is 0 Å². The molecule has 5 heteroatoms. The van der Waals surface area contributed by atoms with Crippen LogP contribution in [-0.2, 0) is 26.5 Å². The van der Waals surface area contributed by atoms with Gasteiger partial charge in [-0.15, -0.1) is 59.7 Å². The molecule has 3 heterocycles. The molecule has 3 aromatic heterocycles. The van der Waals surface area contributed by atoms with Gasteiger partial charge < -0.3 is 14.4 Å². The minimum atomic E-state index is -1.23. The Bertz CT molecular complexity index is 2220. The summed E-state index contributed by atoms with van der Waals surface area (Å²) >= 11 is 0. The largest absolute Gasteiger partial charge is 0.500 e. The first-order chi connectivity index (χ1) is 24.4. The second kappa shape index (κ2) is 15.2. The van der Waals surface area contributed by atoms with Gasteiger partial charge in [0.05, 0.1) is 13.7 Å². The van der Waals surface area contributed by atoms with Gasteiger partial charge in [0.25, 0.3) is 0 Å². The molecule has 3 fully saturated rings. The van der Waals surface area contributed by atoms with Crippen molar-refractivity contribution in [2.45, 2.75) is 58.2 Å². The molecule has 0 N–H and O–H groups in total. The van der Waals surface area contributed by atoms with E-state index in [-0.39, 0.29) is 20.1 Å².